The van der Waals surface area contributed by atoms with Gasteiger partial charge >= 0.3 is 0 Å². The van der Waals surface area contributed by atoms with Gasteiger partial charge < -0.3 is 83.9 Å². The van der Waals surface area contributed by atoms with Crippen molar-refractivity contribution in [2.75, 3.05) is 34.5 Å². The lowest BCUT2D eigenvalue weighted by molar-refractivity contribution is -0.293. The summed E-state index contributed by atoms with van der Waals surface area (Å²) in [4.78, 5) is 0. The lowest BCUT2D eigenvalue weighted by Gasteiger charge is -2.41. The molecule has 260 valence electrons. The summed E-state index contributed by atoms with van der Waals surface area (Å²) in [5, 5.41) is 92.3. The molecule has 2 aromatic rings. The van der Waals surface area contributed by atoms with E-state index in [1.807, 2.05) is 0 Å². The maximum atomic E-state index is 10.7. The molecular formula is C30H38O17. The molecule has 11 atom stereocenters. The second-order valence-corrected chi connectivity index (χ2v) is 11.0. The first-order chi connectivity index (χ1) is 22.4. The summed E-state index contributed by atoms with van der Waals surface area (Å²) >= 11 is 0. The summed E-state index contributed by atoms with van der Waals surface area (Å²) in [7, 11) is 4.02. The van der Waals surface area contributed by atoms with Crippen LogP contribution in [0.1, 0.15) is 17.2 Å². The number of phenols is 1. The molecule has 3 aliphatic rings. The Kier molecular flexibility index (Phi) is 10.5. The van der Waals surface area contributed by atoms with Gasteiger partial charge in [-0.25, -0.2) is 0 Å². The zero-order valence-corrected chi connectivity index (χ0v) is 25.4. The van der Waals surface area contributed by atoms with Gasteiger partial charge in [0.25, 0.3) is 0 Å². The molecule has 17 heteroatoms. The highest BCUT2D eigenvalue weighted by Gasteiger charge is 2.47. The summed E-state index contributed by atoms with van der Waals surface area (Å²) in [5.74, 6) is -0.0576. The van der Waals surface area contributed by atoms with Gasteiger partial charge in [-0.3, -0.25) is 0 Å². The van der Waals surface area contributed by atoms with Crippen LogP contribution in [0.25, 0.3) is 6.08 Å². The number of hydrogen-bond acceptors (Lipinski definition) is 17. The van der Waals surface area contributed by atoms with Crippen LogP contribution >= 0.6 is 0 Å². The van der Waals surface area contributed by atoms with Gasteiger partial charge in [-0.15, -0.1) is 0 Å². The van der Waals surface area contributed by atoms with Crippen LogP contribution in [0.2, 0.25) is 0 Å². The largest absolute Gasteiger partial charge is 0.502 e. The molecule has 1 unspecified atom stereocenters. The van der Waals surface area contributed by atoms with Crippen molar-refractivity contribution in [2.45, 2.75) is 67.5 Å². The van der Waals surface area contributed by atoms with Crippen LogP contribution < -0.4 is 23.7 Å². The fourth-order valence-electron chi connectivity index (χ4n) is 5.42. The van der Waals surface area contributed by atoms with Crippen molar-refractivity contribution in [3.8, 4) is 34.5 Å². The molecule has 2 saturated heterocycles. The molecule has 0 aliphatic carbocycles. The van der Waals surface area contributed by atoms with Crippen LogP contribution in [0, 0.1) is 0 Å². The quantitative estimate of drug-likeness (QED) is 0.131. The van der Waals surface area contributed by atoms with E-state index in [1.54, 1.807) is 0 Å². The molecule has 2 fully saturated rings. The van der Waals surface area contributed by atoms with Gasteiger partial charge in [0, 0.05) is 17.7 Å². The Morgan fingerprint density at radius 1 is 0.638 bits per heavy atom. The Morgan fingerprint density at radius 2 is 1.17 bits per heavy atom. The molecule has 2 aromatic carbocycles. The number of hydrogen-bond donors (Lipinski definition) is 9. The van der Waals surface area contributed by atoms with Crippen LogP contribution in [0.4, 0.5) is 0 Å². The standard InChI is InChI=1S/C30H38O17/c1-40-12-6-14-13(15(7-12)44-29-26(38)24(36)22(34)19(9-31)46-29)8-18(45-30-27(39)25(37)23(35)20(10-32)47-30)28(43-14)11-4-16(41-2)21(33)17(5-11)42-3/h4-8,19-20,22-39H,9-10H2,1-3H3/t19-,20+,22+,23+,24-,25+,26-,27-,28?,29+,30+/m0/s1. The molecular weight excluding hydrogens is 632 g/mol. The molecule has 0 spiro atoms. The molecule has 0 saturated carbocycles. The van der Waals surface area contributed by atoms with Crippen molar-refractivity contribution in [3.63, 3.8) is 0 Å². The third-order valence-electron chi connectivity index (χ3n) is 8.10. The highest BCUT2D eigenvalue weighted by molar-refractivity contribution is 5.70. The average molecular weight is 671 g/mol. The minimum absolute atomic E-state index is 0.0122. The SMILES string of the molecule is COc1cc2c(c(O[C@@H]3O[C@@H](CO)[C@@H](O)[C@H](O)[C@@H]3O)c1)C=C(O[C@@H]1O[C@H](CO)[C@@H](O)[C@@H](O)[C@@H]1O)C(c1cc(OC)c(O)c(OC)c1)O2. The number of methoxy groups -OCH3 is 3. The molecule has 0 bridgehead atoms. The molecule has 17 nitrogen and oxygen atoms in total. The number of aromatic hydroxyl groups is 1. The number of aliphatic hydroxyl groups is 8. The summed E-state index contributed by atoms with van der Waals surface area (Å²) in [6.45, 7) is -1.40. The highest BCUT2D eigenvalue weighted by atomic mass is 16.7. The fourth-order valence-corrected chi connectivity index (χ4v) is 5.42. The van der Waals surface area contributed by atoms with E-state index >= 15 is 0 Å². The van der Waals surface area contributed by atoms with Crippen LogP contribution in [0.15, 0.2) is 30.0 Å². The van der Waals surface area contributed by atoms with Gasteiger partial charge in [0.05, 0.1) is 40.1 Å². The van der Waals surface area contributed by atoms with E-state index < -0.39 is 80.7 Å². The van der Waals surface area contributed by atoms with E-state index in [1.165, 1.54) is 51.7 Å². The first kappa shape index (κ1) is 34.7. The minimum atomic E-state index is -1.79. The number of phenolic OH excluding ortho intramolecular Hbond substituents is 1. The van der Waals surface area contributed by atoms with Crippen LogP contribution in [0.3, 0.4) is 0 Å². The molecule has 0 amide bonds. The number of benzene rings is 2. The monoisotopic (exact) mass is 670 g/mol. The van der Waals surface area contributed by atoms with Crippen LogP contribution in [0.5, 0.6) is 34.5 Å². The van der Waals surface area contributed by atoms with Crippen LogP contribution in [-0.2, 0) is 14.2 Å². The van der Waals surface area contributed by atoms with Crippen molar-refractivity contribution in [1.29, 1.82) is 0 Å². The van der Waals surface area contributed by atoms with E-state index in [2.05, 4.69) is 0 Å². The predicted octanol–water partition coefficient (Wildman–Crippen LogP) is -2.11. The predicted molar refractivity (Wildman–Crippen MR) is 155 cm³/mol. The Bertz CT molecular complexity index is 1400. The molecule has 0 aromatic heterocycles. The van der Waals surface area contributed by atoms with Crippen molar-refractivity contribution in [3.05, 3.63) is 41.2 Å². The van der Waals surface area contributed by atoms with Gasteiger partial charge in [0.2, 0.25) is 18.3 Å². The van der Waals surface area contributed by atoms with Crippen LogP contribution in [-0.4, -0.2) is 142 Å². The first-order valence-electron chi connectivity index (χ1n) is 14.5. The van der Waals surface area contributed by atoms with Crippen molar-refractivity contribution in [1.82, 2.24) is 0 Å². The maximum Gasteiger partial charge on any atom is 0.229 e. The smallest absolute Gasteiger partial charge is 0.229 e. The second-order valence-electron chi connectivity index (χ2n) is 11.0. The Labute approximate surface area is 267 Å². The first-order valence-corrected chi connectivity index (χ1v) is 14.5. The minimum Gasteiger partial charge on any atom is -0.502 e. The number of rotatable bonds is 10. The van der Waals surface area contributed by atoms with Crippen molar-refractivity contribution in [2.24, 2.45) is 0 Å². The molecule has 3 aliphatic heterocycles. The fraction of sp³-hybridized carbons (Fsp3) is 0.533. The van der Waals surface area contributed by atoms with E-state index in [9.17, 15) is 46.0 Å². The maximum absolute atomic E-state index is 10.7. The number of aliphatic hydroxyl groups excluding tert-OH is 8. The summed E-state index contributed by atoms with van der Waals surface area (Å²) in [6.07, 6.45) is -15.9. The zero-order chi connectivity index (χ0) is 34.2. The average Bonchev–Trinajstić information content (AvgIpc) is 3.08. The highest BCUT2D eigenvalue weighted by Crippen LogP contribution is 2.48. The normalized spacial score (nSPS) is 33.6. The lowest BCUT2D eigenvalue weighted by atomic mass is 9.98. The zero-order valence-electron chi connectivity index (χ0n) is 25.4. The summed E-state index contributed by atoms with van der Waals surface area (Å²) in [5.41, 5.74) is 0.466. The van der Waals surface area contributed by atoms with E-state index in [-0.39, 0.29) is 45.8 Å². The Morgan fingerprint density at radius 3 is 1.66 bits per heavy atom. The second kappa shape index (κ2) is 14.2. The summed E-state index contributed by atoms with van der Waals surface area (Å²) in [6, 6.07) is 5.77. The van der Waals surface area contributed by atoms with E-state index in [0.29, 0.717) is 5.56 Å². The Hall–Kier alpha value is -3.62. The van der Waals surface area contributed by atoms with Crippen molar-refractivity contribution >= 4 is 6.08 Å². The van der Waals surface area contributed by atoms with Gasteiger partial charge in [-0.05, 0) is 18.2 Å². The Balaban J connectivity index is 1.61. The number of ether oxygens (including phenoxy) is 8. The molecule has 47 heavy (non-hydrogen) atoms. The van der Waals surface area contributed by atoms with Gasteiger partial charge in [0.15, 0.2) is 17.6 Å². The van der Waals surface area contributed by atoms with Gasteiger partial charge in [-0.1, -0.05) is 0 Å². The molecule has 3 heterocycles. The third-order valence-corrected chi connectivity index (χ3v) is 8.10. The lowest BCUT2D eigenvalue weighted by Crippen LogP contribution is -2.60. The third kappa shape index (κ3) is 6.59. The van der Waals surface area contributed by atoms with Crippen molar-refractivity contribution < 1.29 is 83.9 Å². The number of fused-ring (bicyclic) bond motifs is 1. The van der Waals surface area contributed by atoms with E-state index in [4.69, 9.17) is 37.9 Å². The van der Waals surface area contributed by atoms with Gasteiger partial charge in [-0.2, -0.15) is 0 Å². The molecule has 0 radical (unpaired) electrons. The van der Waals surface area contributed by atoms with Gasteiger partial charge in [0.1, 0.15) is 71.8 Å². The summed E-state index contributed by atoms with van der Waals surface area (Å²) < 4.78 is 45.4. The van der Waals surface area contributed by atoms with E-state index in [0.717, 1.165) is 0 Å². The molecule has 5 rings (SSSR count). The molecule has 9 N–H and O–H groups in total. The topological polar surface area (TPSA) is 256 Å².